The topological polar surface area (TPSA) is 60.2 Å². The minimum atomic E-state index is -3.62. The quantitative estimate of drug-likeness (QED) is 0.880. The van der Waals surface area contributed by atoms with E-state index in [2.05, 4.69) is 0 Å². The molecule has 1 aromatic carbocycles. The summed E-state index contributed by atoms with van der Waals surface area (Å²) in [6.45, 7) is 1.48. The van der Waals surface area contributed by atoms with Crippen LogP contribution >= 0.6 is 23.2 Å². The summed E-state index contributed by atoms with van der Waals surface area (Å²) in [7, 11) is -3.62. The fraction of sp³-hybridized carbons (Fsp3) is 0.250. The van der Waals surface area contributed by atoms with Gasteiger partial charge in [-0.15, -0.1) is 0 Å². The molecule has 3 nitrogen and oxygen atoms in total. The highest BCUT2D eigenvalue weighted by atomic mass is 35.5. The Morgan fingerprint density at radius 3 is 2.36 bits per heavy atom. The molecule has 0 amide bonds. The Kier molecular flexibility index (Phi) is 3.42. The average Bonchev–Trinajstić information content (AvgIpc) is 2.01. The molecule has 0 aromatic heterocycles. The molecular formula is C8H9Cl2NO2S. The lowest BCUT2D eigenvalue weighted by atomic mass is 10.2. The molecule has 1 unspecified atom stereocenters. The molecule has 2 N–H and O–H groups in total. The third kappa shape index (κ3) is 2.60. The molecule has 0 saturated carbocycles. The van der Waals surface area contributed by atoms with Crippen molar-refractivity contribution in [3.8, 4) is 0 Å². The first-order valence-corrected chi connectivity index (χ1v) is 6.15. The van der Waals surface area contributed by atoms with E-state index in [0.29, 0.717) is 15.6 Å². The van der Waals surface area contributed by atoms with Gasteiger partial charge in [0.05, 0.1) is 5.25 Å². The van der Waals surface area contributed by atoms with E-state index in [9.17, 15) is 8.42 Å². The minimum absolute atomic E-state index is 0.305. The summed E-state index contributed by atoms with van der Waals surface area (Å²) in [6, 6.07) is 4.62. The molecule has 0 bridgehead atoms. The lowest BCUT2D eigenvalue weighted by Crippen LogP contribution is -2.19. The van der Waals surface area contributed by atoms with Crippen molar-refractivity contribution in [1.82, 2.24) is 0 Å². The van der Waals surface area contributed by atoms with Gasteiger partial charge in [-0.1, -0.05) is 29.3 Å². The molecule has 0 aliphatic rings. The van der Waals surface area contributed by atoms with Gasteiger partial charge in [0.2, 0.25) is 10.0 Å². The Balaban J connectivity index is 3.21. The number of hydrogen-bond acceptors (Lipinski definition) is 2. The fourth-order valence-corrected chi connectivity index (χ4v) is 2.20. The lowest BCUT2D eigenvalue weighted by molar-refractivity contribution is 0.588. The molecule has 0 saturated heterocycles. The SMILES string of the molecule is CC(c1ccc(Cl)cc1Cl)S(N)(=O)=O. The first kappa shape index (κ1) is 11.8. The van der Waals surface area contributed by atoms with Crippen LogP contribution in [0.15, 0.2) is 18.2 Å². The van der Waals surface area contributed by atoms with Crippen LogP contribution in [0.2, 0.25) is 10.0 Å². The van der Waals surface area contributed by atoms with Crippen LogP contribution in [0.5, 0.6) is 0 Å². The van der Waals surface area contributed by atoms with E-state index in [1.165, 1.54) is 13.0 Å². The Morgan fingerprint density at radius 1 is 1.36 bits per heavy atom. The first-order chi connectivity index (χ1) is 6.32. The van der Waals surface area contributed by atoms with Crippen molar-refractivity contribution >= 4 is 33.2 Å². The summed E-state index contributed by atoms with van der Waals surface area (Å²) in [6.07, 6.45) is 0. The standard InChI is InChI=1S/C8H9Cl2NO2S/c1-5(14(11,12)13)7-3-2-6(9)4-8(7)10/h2-5H,1H3,(H2,11,12,13). The van der Waals surface area contributed by atoms with Gasteiger partial charge in [0.1, 0.15) is 0 Å². The van der Waals surface area contributed by atoms with Gasteiger partial charge < -0.3 is 0 Å². The summed E-state index contributed by atoms with van der Waals surface area (Å²) >= 11 is 11.5. The van der Waals surface area contributed by atoms with Crippen LogP contribution in [0.1, 0.15) is 17.7 Å². The van der Waals surface area contributed by atoms with Crippen LogP contribution in [0, 0.1) is 0 Å². The Labute approximate surface area is 92.9 Å². The van der Waals surface area contributed by atoms with Crippen LogP contribution in [0.3, 0.4) is 0 Å². The van der Waals surface area contributed by atoms with Gasteiger partial charge in [0, 0.05) is 10.0 Å². The van der Waals surface area contributed by atoms with Crippen LogP contribution < -0.4 is 5.14 Å². The average molecular weight is 254 g/mol. The van der Waals surface area contributed by atoms with Crippen molar-refractivity contribution in [2.45, 2.75) is 12.2 Å². The number of nitrogens with two attached hydrogens (primary N) is 1. The number of rotatable bonds is 2. The first-order valence-electron chi connectivity index (χ1n) is 3.79. The van der Waals surface area contributed by atoms with Crippen LogP contribution in [-0.4, -0.2) is 8.42 Å². The summed E-state index contributed by atoms with van der Waals surface area (Å²) in [5, 5.41) is 4.94. The molecule has 6 heteroatoms. The molecule has 1 aromatic rings. The third-order valence-electron chi connectivity index (χ3n) is 1.89. The predicted octanol–water partition coefficient (Wildman–Crippen LogP) is 2.34. The van der Waals surface area contributed by atoms with E-state index in [0.717, 1.165) is 0 Å². The zero-order valence-electron chi connectivity index (χ0n) is 7.37. The maximum atomic E-state index is 11.1. The molecule has 0 radical (unpaired) electrons. The van der Waals surface area contributed by atoms with Crippen molar-refractivity contribution in [2.75, 3.05) is 0 Å². The van der Waals surface area contributed by atoms with Crippen molar-refractivity contribution in [3.63, 3.8) is 0 Å². The summed E-state index contributed by atoms with van der Waals surface area (Å²) in [5.74, 6) is 0. The van der Waals surface area contributed by atoms with E-state index in [-0.39, 0.29) is 0 Å². The van der Waals surface area contributed by atoms with Gasteiger partial charge in [-0.05, 0) is 24.6 Å². The van der Waals surface area contributed by atoms with E-state index in [1.54, 1.807) is 12.1 Å². The van der Waals surface area contributed by atoms with Crippen molar-refractivity contribution in [3.05, 3.63) is 33.8 Å². The molecule has 0 fully saturated rings. The number of primary sulfonamides is 1. The number of hydrogen-bond donors (Lipinski definition) is 1. The van der Waals surface area contributed by atoms with Crippen LogP contribution in [-0.2, 0) is 10.0 Å². The second-order valence-electron chi connectivity index (χ2n) is 2.90. The predicted molar refractivity (Wildman–Crippen MR) is 58.0 cm³/mol. The highest BCUT2D eigenvalue weighted by molar-refractivity contribution is 7.89. The van der Waals surface area contributed by atoms with Gasteiger partial charge in [0.25, 0.3) is 0 Å². The second kappa shape index (κ2) is 4.06. The van der Waals surface area contributed by atoms with Gasteiger partial charge in [-0.25, -0.2) is 13.6 Å². The molecule has 0 spiro atoms. The maximum absolute atomic E-state index is 11.1. The van der Waals surface area contributed by atoms with Gasteiger partial charge in [0.15, 0.2) is 0 Å². The van der Waals surface area contributed by atoms with E-state index in [4.69, 9.17) is 28.3 Å². The largest absolute Gasteiger partial charge is 0.228 e. The number of halogens is 2. The summed E-state index contributed by atoms with van der Waals surface area (Å²) in [4.78, 5) is 0. The normalized spacial score (nSPS) is 14.0. The summed E-state index contributed by atoms with van der Waals surface area (Å²) in [5.41, 5.74) is 0.457. The monoisotopic (exact) mass is 253 g/mol. The van der Waals surface area contributed by atoms with Gasteiger partial charge in [-0.3, -0.25) is 0 Å². The number of benzene rings is 1. The molecule has 0 aliphatic heterocycles. The van der Waals surface area contributed by atoms with E-state index >= 15 is 0 Å². The zero-order chi connectivity index (χ0) is 10.9. The number of sulfonamides is 1. The maximum Gasteiger partial charge on any atom is 0.215 e. The Morgan fingerprint density at radius 2 is 1.93 bits per heavy atom. The highest BCUT2D eigenvalue weighted by Crippen LogP contribution is 2.29. The van der Waals surface area contributed by atoms with Gasteiger partial charge >= 0.3 is 0 Å². The molecule has 0 aliphatic carbocycles. The molecular weight excluding hydrogens is 245 g/mol. The van der Waals surface area contributed by atoms with Crippen LogP contribution in [0.4, 0.5) is 0 Å². The fourth-order valence-electron chi connectivity index (χ4n) is 1.01. The molecule has 1 rings (SSSR count). The second-order valence-corrected chi connectivity index (χ2v) is 5.63. The molecule has 0 heterocycles. The lowest BCUT2D eigenvalue weighted by Gasteiger charge is -2.11. The molecule has 1 atom stereocenters. The van der Waals surface area contributed by atoms with Crippen molar-refractivity contribution in [1.29, 1.82) is 0 Å². The third-order valence-corrected chi connectivity index (χ3v) is 3.70. The highest BCUT2D eigenvalue weighted by Gasteiger charge is 2.20. The molecule has 78 valence electrons. The Bertz CT molecular complexity index is 445. The smallest absolute Gasteiger partial charge is 0.215 e. The van der Waals surface area contributed by atoms with E-state index in [1.807, 2.05) is 0 Å². The van der Waals surface area contributed by atoms with Crippen molar-refractivity contribution in [2.24, 2.45) is 5.14 Å². The van der Waals surface area contributed by atoms with Crippen LogP contribution in [0.25, 0.3) is 0 Å². The molecule has 14 heavy (non-hydrogen) atoms. The Hall–Kier alpha value is -0.290. The van der Waals surface area contributed by atoms with Gasteiger partial charge in [-0.2, -0.15) is 0 Å². The minimum Gasteiger partial charge on any atom is -0.228 e. The zero-order valence-corrected chi connectivity index (χ0v) is 9.70. The summed E-state index contributed by atoms with van der Waals surface area (Å²) < 4.78 is 22.1. The van der Waals surface area contributed by atoms with Crippen molar-refractivity contribution < 1.29 is 8.42 Å². The van der Waals surface area contributed by atoms with E-state index < -0.39 is 15.3 Å².